The number of halogens is 1. The molecule has 0 unspecified atom stereocenters. The molecule has 4 N–H and O–H groups in total. The van der Waals surface area contributed by atoms with Crippen LogP contribution in [0.2, 0.25) is 0 Å². The zero-order chi connectivity index (χ0) is 11.6. The van der Waals surface area contributed by atoms with Crippen LogP contribution < -0.4 is 5.73 Å². The summed E-state index contributed by atoms with van der Waals surface area (Å²) in [6.07, 6.45) is 1.28. The van der Waals surface area contributed by atoms with Crippen LogP contribution in [0.5, 0.6) is 5.75 Å². The predicted octanol–water partition coefficient (Wildman–Crippen LogP) is 1.42. The standard InChI is InChI=1S/C10H10FNO3/c1-2-8(12)6-3-5(10(14)15)4-7(11)9(6)13/h2-4,8,13H,1,12H2,(H,14,15)/t8-/m1/s1. The highest BCUT2D eigenvalue weighted by atomic mass is 19.1. The molecule has 4 nitrogen and oxygen atoms in total. The smallest absolute Gasteiger partial charge is 0.335 e. The number of carboxylic acids is 1. The van der Waals surface area contributed by atoms with Crippen LogP contribution in [0.25, 0.3) is 0 Å². The zero-order valence-corrected chi connectivity index (χ0v) is 7.77. The fourth-order valence-corrected chi connectivity index (χ4v) is 1.12. The van der Waals surface area contributed by atoms with Gasteiger partial charge in [0.1, 0.15) is 0 Å². The van der Waals surface area contributed by atoms with Crippen LogP contribution in [-0.4, -0.2) is 16.2 Å². The lowest BCUT2D eigenvalue weighted by Crippen LogP contribution is -2.09. The van der Waals surface area contributed by atoms with Crippen molar-refractivity contribution in [3.8, 4) is 5.75 Å². The Morgan fingerprint density at radius 3 is 2.67 bits per heavy atom. The summed E-state index contributed by atoms with van der Waals surface area (Å²) in [4.78, 5) is 10.6. The number of hydrogen-bond donors (Lipinski definition) is 3. The second-order valence-electron chi connectivity index (χ2n) is 2.96. The summed E-state index contributed by atoms with van der Waals surface area (Å²) in [5.41, 5.74) is 5.23. The normalized spacial score (nSPS) is 12.1. The van der Waals surface area contributed by atoms with E-state index in [1.54, 1.807) is 0 Å². The highest BCUT2D eigenvalue weighted by Crippen LogP contribution is 2.27. The summed E-state index contributed by atoms with van der Waals surface area (Å²) in [7, 11) is 0. The molecule has 0 aromatic heterocycles. The number of phenols is 1. The van der Waals surface area contributed by atoms with Crippen LogP contribution in [0, 0.1) is 5.82 Å². The number of hydrogen-bond acceptors (Lipinski definition) is 3. The molecule has 0 fully saturated rings. The van der Waals surface area contributed by atoms with Gasteiger partial charge in [0, 0.05) is 5.56 Å². The zero-order valence-electron chi connectivity index (χ0n) is 7.77. The van der Waals surface area contributed by atoms with E-state index in [0.29, 0.717) is 0 Å². The molecule has 0 aliphatic rings. The Morgan fingerprint density at radius 2 is 2.20 bits per heavy atom. The van der Waals surface area contributed by atoms with Gasteiger partial charge in [-0.05, 0) is 12.1 Å². The molecule has 0 spiro atoms. The lowest BCUT2D eigenvalue weighted by Gasteiger charge is -2.10. The number of carbonyl (C=O) groups is 1. The molecule has 0 saturated carbocycles. The average Bonchev–Trinajstić information content (AvgIpc) is 2.20. The van der Waals surface area contributed by atoms with Crippen molar-refractivity contribution in [2.45, 2.75) is 6.04 Å². The van der Waals surface area contributed by atoms with E-state index in [1.165, 1.54) is 6.08 Å². The Morgan fingerprint density at radius 1 is 1.60 bits per heavy atom. The molecule has 1 aromatic rings. The second kappa shape index (κ2) is 4.10. The van der Waals surface area contributed by atoms with Crippen molar-refractivity contribution in [2.24, 2.45) is 5.73 Å². The minimum atomic E-state index is -1.29. The summed E-state index contributed by atoms with van der Waals surface area (Å²) < 4.78 is 13.1. The number of aromatic hydroxyl groups is 1. The van der Waals surface area contributed by atoms with E-state index >= 15 is 0 Å². The van der Waals surface area contributed by atoms with Crippen LogP contribution >= 0.6 is 0 Å². The van der Waals surface area contributed by atoms with Gasteiger partial charge in [-0.1, -0.05) is 6.08 Å². The van der Waals surface area contributed by atoms with E-state index in [1.807, 2.05) is 0 Å². The number of rotatable bonds is 3. The Kier molecular flexibility index (Phi) is 3.06. The first-order valence-electron chi connectivity index (χ1n) is 4.11. The summed E-state index contributed by atoms with van der Waals surface area (Å²) in [6.45, 7) is 3.38. The van der Waals surface area contributed by atoms with E-state index in [2.05, 4.69) is 6.58 Å². The molecule has 1 atom stereocenters. The first-order valence-corrected chi connectivity index (χ1v) is 4.11. The van der Waals surface area contributed by atoms with Gasteiger partial charge in [-0.25, -0.2) is 9.18 Å². The summed E-state index contributed by atoms with van der Waals surface area (Å²) in [5, 5.41) is 18.0. The van der Waals surface area contributed by atoms with Gasteiger partial charge in [-0.15, -0.1) is 6.58 Å². The van der Waals surface area contributed by atoms with E-state index < -0.39 is 23.6 Å². The van der Waals surface area contributed by atoms with Crippen molar-refractivity contribution in [1.82, 2.24) is 0 Å². The third-order valence-electron chi connectivity index (χ3n) is 1.95. The van der Waals surface area contributed by atoms with Gasteiger partial charge in [0.15, 0.2) is 11.6 Å². The van der Waals surface area contributed by atoms with Crippen molar-refractivity contribution in [2.75, 3.05) is 0 Å². The van der Waals surface area contributed by atoms with Gasteiger partial charge in [0.2, 0.25) is 0 Å². The summed E-state index contributed by atoms with van der Waals surface area (Å²) in [5.74, 6) is -2.94. The molecule has 80 valence electrons. The van der Waals surface area contributed by atoms with Crippen molar-refractivity contribution in [3.63, 3.8) is 0 Å². The lowest BCUT2D eigenvalue weighted by atomic mass is 10.0. The fourth-order valence-electron chi connectivity index (χ4n) is 1.12. The minimum Gasteiger partial charge on any atom is -0.505 e. The third kappa shape index (κ3) is 2.13. The molecule has 0 aliphatic carbocycles. The maximum Gasteiger partial charge on any atom is 0.335 e. The fraction of sp³-hybridized carbons (Fsp3) is 0.100. The molecule has 15 heavy (non-hydrogen) atoms. The van der Waals surface area contributed by atoms with Crippen LogP contribution in [0.4, 0.5) is 4.39 Å². The van der Waals surface area contributed by atoms with Gasteiger partial charge < -0.3 is 15.9 Å². The Balaban J connectivity index is 3.37. The van der Waals surface area contributed by atoms with Crippen LogP contribution in [0.3, 0.4) is 0 Å². The van der Waals surface area contributed by atoms with Crippen molar-refractivity contribution >= 4 is 5.97 Å². The van der Waals surface area contributed by atoms with E-state index in [-0.39, 0.29) is 11.1 Å². The van der Waals surface area contributed by atoms with Crippen LogP contribution in [0.15, 0.2) is 24.8 Å². The molecule has 1 aromatic carbocycles. The molecule has 1 rings (SSSR count). The number of aromatic carboxylic acids is 1. The molecule has 0 radical (unpaired) electrons. The minimum absolute atomic E-state index is 0.00222. The van der Waals surface area contributed by atoms with Crippen LogP contribution in [0.1, 0.15) is 22.0 Å². The lowest BCUT2D eigenvalue weighted by molar-refractivity contribution is 0.0696. The number of phenolic OH excluding ortho intramolecular Hbond substituents is 1. The molecular weight excluding hydrogens is 201 g/mol. The topological polar surface area (TPSA) is 83.6 Å². The van der Waals surface area contributed by atoms with Gasteiger partial charge in [-0.3, -0.25) is 0 Å². The Bertz CT molecular complexity index is 417. The maximum absolute atomic E-state index is 13.1. The van der Waals surface area contributed by atoms with E-state index in [0.717, 1.165) is 12.1 Å². The van der Waals surface area contributed by atoms with Gasteiger partial charge in [0.05, 0.1) is 11.6 Å². The van der Waals surface area contributed by atoms with E-state index in [4.69, 9.17) is 10.8 Å². The SMILES string of the molecule is C=C[C@@H](N)c1cc(C(=O)O)cc(F)c1O. The number of carboxylic acid groups (broad SMARTS) is 1. The van der Waals surface area contributed by atoms with Gasteiger partial charge >= 0.3 is 5.97 Å². The number of nitrogens with two attached hydrogens (primary N) is 1. The third-order valence-corrected chi connectivity index (χ3v) is 1.95. The van der Waals surface area contributed by atoms with Gasteiger partial charge in [-0.2, -0.15) is 0 Å². The quantitative estimate of drug-likeness (QED) is 0.660. The summed E-state index contributed by atoms with van der Waals surface area (Å²) in [6, 6.07) is 1.04. The monoisotopic (exact) mass is 211 g/mol. The Hall–Kier alpha value is -1.88. The highest BCUT2D eigenvalue weighted by Gasteiger charge is 2.16. The van der Waals surface area contributed by atoms with Gasteiger partial charge in [0.25, 0.3) is 0 Å². The largest absolute Gasteiger partial charge is 0.505 e. The first-order chi connectivity index (χ1) is 6.97. The molecule has 5 heteroatoms. The van der Waals surface area contributed by atoms with Crippen LogP contribution in [-0.2, 0) is 0 Å². The van der Waals surface area contributed by atoms with Crippen molar-refractivity contribution in [3.05, 3.63) is 41.7 Å². The predicted molar refractivity (Wildman–Crippen MR) is 52.1 cm³/mol. The maximum atomic E-state index is 13.1. The average molecular weight is 211 g/mol. The highest BCUT2D eigenvalue weighted by molar-refractivity contribution is 5.88. The van der Waals surface area contributed by atoms with Crippen molar-refractivity contribution < 1.29 is 19.4 Å². The second-order valence-corrected chi connectivity index (χ2v) is 2.96. The summed E-state index contributed by atoms with van der Waals surface area (Å²) >= 11 is 0. The molecule has 0 aliphatic heterocycles. The molecule has 0 bridgehead atoms. The molecular formula is C10H10FNO3. The Labute approximate surface area is 85.5 Å². The molecule has 0 heterocycles. The molecule has 0 saturated heterocycles. The first kappa shape index (κ1) is 11.2. The molecule has 0 amide bonds. The van der Waals surface area contributed by atoms with Crippen molar-refractivity contribution in [1.29, 1.82) is 0 Å². The van der Waals surface area contributed by atoms with E-state index in [9.17, 15) is 14.3 Å². The number of benzene rings is 1.